The van der Waals surface area contributed by atoms with E-state index >= 15 is 0 Å². The van der Waals surface area contributed by atoms with E-state index in [0.29, 0.717) is 11.3 Å². The highest BCUT2D eigenvalue weighted by molar-refractivity contribution is 9.10. The Labute approximate surface area is 90.6 Å². The Morgan fingerprint density at radius 3 is 3.00 bits per heavy atom. The Hall–Kier alpha value is -0.790. The molecular formula is C7H6BrN3O2S. The minimum Gasteiger partial charge on any atom is -0.302 e. The van der Waals surface area contributed by atoms with E-state index in [0.717, 1.165) is 4.47 Å². The van der Waals surface area contributed by atoms with E-state index < -0.39 is 11.1 Å². The van der Waals surface area contributed by atoms with Gasteiger partial charge in [0.25, 0.3) is 0 Å². The third kappa shape index (κ3) is 1.47. The first-order chi connectivity index (χ1) is 6.59. The molecule has 14 heavy (non-hydrogen) atoms. The van der Waals surface area contributed by atoms with Crippen LogP contribution in [-0.2, 0) is 11.1 Å². The van der Waals surface area contributed by atoms with Gasteiger partial charge in [-0.2, -0.15) is 5.10 Å². The van der Waals surface area contributed by atoms with Crippen LogP contribution in [-0.4, -0.2) is 23.4 Å². The minimum absolute atomic E-state index is 0.262. The predicted octanol–water partition coefficient (Wildman–Crippen LogP) is 1.38. The van der Waals surface area contributed by atoms with E-state index in [-0.39, 0.29) is 4.90 Å². The first-order valence-corrected chi connectivity index (χ1v) is 5.61. The van der Waals surface area contributed by atoms with Crippen molar-refractivity contribution in [3.05, 3.63) is 22.6 Å². The smallest absolute Gasteiger partial charge is 0.192 e. The van der Waals surface area contributed by atoms with Crippen LogP contribution < -0.4 is 0 Å². The van der Waals surface area contributed by atoms with Crippen LogP contribution in [0.4, 0.5) is 0 Å². The summed E-state index contributed by atoms with van der Waals surface area (Å²) in [5, 5.41) is 4.07. The molecule has 0 bridgehead atoms. The first-order valence-electron chi connectivity index (χ1n) is 3.71. The lowest BCUT2D eigenvalue weighted by atomic mass is 10.5. The van der Waals surface area contributed by atoms with E-state index in [1.54, 1.807) is 19.3 Å². The third-order valence-corrected chi connectivity index (χ3v) is 2.97. The summed E-state index contributed by atoms with van der Waals surface area (Å²) in [7, 11) is 0. The molecule has 0 aliphatic rings. The maximum absolute atomic E-state index is 11.0. The fourth-order valence-electron chi connectivity index (χ4n) is 1.21. The molecule has 0 aliphatic heterocycles. The van der Waals surface area contributed by atoms with Crippen molar-refractivity contribution in [1.29, 1.82) is 0 Å². The maximum Gasteiger partial charge on any atom is 0.192 e. The maximum atomic E-state index is 11.0. The average Bonchev–Trinajstić information content (AvgIpc) is 2.39. The van der Waals surface area contributed by atoms with Crippen molar-refractivity contribution < 1.29 is 8.76 Å². The molecule has 1 unspecified atom stereocenters. The topological polar surface area (TPSA) is 67.5 Å². The van der Waals surface area contributed by atoms with Crippen LogP contribution in [0.5, 0.6) is 0 Å². The Kier molecular flexibility index (Phi) is 2.38. The molecular weight excluding hydrogens is 270 g/mol. The van der Waals surface area contributed by atoms with Crippen molar-refractivity contribution in [3.63, 3.8) is 0 Å². The summed E-state index contributed by atoms with van der Waals surface area (Å²) in [5.74, 6) is 0. The quantitative estimate of drug-likeness (QED) is 0.799. The van der Waals surface area contributed by atoms with Crippen molar-refractivity contribution in [2.75, 3.05) is 0 Å². The first kappa shape index (κ1) is 9.75. The second-order valence-corrected chi connectivity index (χ2v) is 4.53. The molecule has 2 aromatic heterocycles. The van der Waals surface area contributed by atoms with Gasteiger partial charge < -0.3 is 4.55 Å². The van der Waals surface area contributed by atoms with Gasteiger partial charge in [0.1, 0.15) is 4.90 Å². The van der Waals surface area contributed by atoms with E-state index in [1.165, 1.54) is 4.52 Å². The summed E-state index contributed by atoms with van der Waals surface area (Å²) in [6.45, 7) is 1.67. The summed E-state index contributed by atoms with van der Waals surface area (Å²) in [5.41, 5.74) is 0.919. The predicted molar refractivity (Wildman–Crippen MR) is 54.5 cm³/mol. The highest BCUT2D eigenvalue weighted by Crippen LogP contribution is 2.18. The Balaban J connectivity index is 2.84. The van der Waals surface area contributed by atoms with E-state index in [4.69, 9.17) is 4.55 Å². The number of fused-ring (bicyclic) bond motifs is 1. The number of aryl methyl sites for hydroxylation is 1. The zero-order valence-electron chi connectivity index (χ0n) is 7.14. The van der Waals surface area contributed by atoms with Crippen LogP contribution in [0.25, 0.3) is 5.65 Å². The largest absolute Gasteiger partial charge is 0.302 e. The van der Waals surface area contributed by atoms with Gasteiger partial charge in [-0.1, -0.05) is 0 Å². The van der Waals surface area contributed by atoms with Gasteiger partial charge in [-0.15, -0.1) is 0 Å². The van der Waals surface area contributed by atoms with Gasteiger partial charge >= 0.3 is 0 Å². The number of nitrogens with zero attached hydrogens (tertiary/aromatic N) is 3. The van der Waals surface area contributed by atoms with Crippen LogP contribution in [0.1, 0.15) is 5.69 Å². The monoisotopic (exact) mass is 275 g/mol. The standard InChI is InChI=1S/C7H6BrN3O2S/c1-4-6(14(12)13)7-9-2-5(8)3-11(7)10-4/h2-3H,1H3,(H,12,13). The molecule has 0 aliphatic carbocycles. The fraction of sp³-hybridized carbons (Fsp3) is 0.143. The molecule has 0 fully saturated rings. The molecule has 0 aromatic carbocycles. The lowest BCUT2D eigenvalue weighted by molar-refractivity contribution is 0.564. The zero-order valence-corrected chi connectivity index (χ0v) is 9.54. The molecule has 0 saturated heterocycles. The molecule has 74 valence electrons. The Bertz CT molecular complexity index is 525. The van der Waals surface area contributed by atoms with Crippen molar-refractivity contribution in [1.82, 2.24) is 14.6 Å². The second-order valence-electron chi connectivity index (χ2n) is 2.70. The number of halogens is 1. The molecule has 0 saturated carbocycles. The summed E-state index contributed by atoms with van der Waals surface area (Å²) >= 11 is 1.19. The lowest BCUT2D eigenvalue weighted by Gasteiger charge is -1.93. The van der Waals surface area contributed by atoms with Gasteiger partial charge in [-0.25, -0.2) is 13.7 Å². The van der Waals surface area contributed by atoms with Gasteiger partial charge in [-0.3, -0.25) is 0 Å². The van der Waals surface area contributed by atoms with Crippen LogP contribution in [0.3, 0.4) is 0 Å². The van der Waals surface area contributed by atoms with Crippen molar-refractivity contribution in [3.8, 4) is 0 Å². The minimum atomic E-state index is -2.05. The Morgan fingerprint density at radius 2 is 2.36 bits per heavy atom. The van der Waals surface area contributed by atoms with Gasteiger partial charge in [0.15, 0.2) is 16.7 Å². The highest BCUT2D eigenvalue weighted by atomic mass is 79.9. The van der Waals surface area contributed by atoms with Crippen LogP contribution in [0, 0.1) is 6.92 Å². The molecule has 0 radical (unpaired) electrons. The van der Waals surface area contributed by atoms with Gasteiger partial charge in [0.05, 0.1) is 10.2 Å². The van der Waals surface area contributed by atoms with Crippen molar-refractivity contribution >= 4 is 32.7 Å². The summed E-state index contributed by atoms with van der Waals surface area (Å²) in [4.78, 5) is 4.28. The second kappa shape index (κ2) is 3.41. The fourth-order valence-corrected chi connectivity index (χ4v) is 2.10. The van der Waals surface area contributed by atoms with Crippen LogP contribution >= 0.6 is 15.9 Å². The highest BCUT2D eigenvalue weighted by Gasteiger charge is 2.15. The summed E-state index contributed by atoms with van der Waals surface area (Å²) in [6, 6.07) is 0. The van der Waals surface area contributed by atoms with Crippen LogP contribution in [0.2, 0.25) is 0 Å². The van der Waals surface area contributed by atoms with Gasteiger partial charge in [0.2, 0.25) is 0 Å². The number of hydrogen-bond acceptors (Lipinski definition) is 3. The molecule has 1 N–H and O–H groups in total. The molecule has 1 atom stereocenters. The van der Waals surface area contributed by atoms with Gasteiger partial charge in [-0.05, 0) is 22.9 Å². The van der Waals surface area contributed by atoms with Crippen molar-refractivity contribution in [2.24, 2.45) is 0 Å². The van der Waals surface area contributed by atoms with E-state index in [1.807, 2.05) is 0 Å². The van der Waals surface area contributed by atoms with E-state index in [9.17, 15) is 4.21 Å². The zero-order chi connectivity index (χ0) is 10.3. The summed E-state index contributed by atoms with van der Waals surface area (Å²) in [6.07, 6.45) is 3.25. The molecule has 2 rings (SSSR count). The number of aromatic nitrogens is 3. The average molecular weight is 276 g/mol. The van der Waals surface area contributed by atoms with Crippen molar-refractivity contribution in [2.45, 2.75) is 11.8 Å². The number of rotatable bonds is 1. The van der Waals surface area contributed by atoms with Gasteiger partial charge in [0, 0.05) is 12.4 Å². The summed E-state index contributed by atoms with van der Waals surface area (Å²) < 4.78 is 22.3. The molecule has 2 aromatic rings. The number of hydrogen-bond donors (Lipinski definition) is 1. The molecule has 7 heteroatoms. The lowest BCUT2D eigenvalue weighted by Crippen LogP contribution is -1.92. The molecule has 5 nitrogen and oxygen atoms in total. The molecule has 0 spiro atoms. The SMILES string of the molecule is Cc1nn2cc(Br)cnc2c1S(=O)O. The Morgan fingerprint density at radius 1 is 1.64 bits per heavy atom. The molecule has 0 amide bonds. The normalized spacial score (nSPS) is 13.4. The molecule has 2 heterocycles. The van der Waals surface area contributed by atoms with E-state index in [2.05, 4.69) is 26.0 Å². The third-order valence-electron chi connectivity index (χ3n) is 1.74. The van der Waals surface area contributed by atoms with Crippen LogP contribution in [0.15, 0.2) is 21.8 Å².